The molecule has 5 rings (SSSR count). The van der Waals surface area contributed by atoms with Crippen LogP contribution < -0.4 is 14.2 Å². The molecule has 3 N–H and O–H groups in total. The summed E-state index contributed by atoms with van der Waals surface area (Å²) in [5, 5.41) is 29.4. The van der Waals surface area contributed by atoms with Crippen molar-refractivity contribution in [3.05, 3.63) is 82.9 Å². The summed E-state index contributed by atoms with van der Waals surface area (Å²) in [7, 11) is 3.17. The fourth-order valence-corrected chi connectivity index (χ4v) is 4.46. The normalized spacial score (nSPS) is 16.7. The first-order valence-electron chi connectivity index (χ1n) is 12.8. The molecule has 10 heteroatoms. The van der Waals surface area contributed by atoms with E-state index in [0.717, 1.165) is 0 Å². The minimum Gasteiger partial charge on any atom is -0.497 e. The topological polar surface area (TPSA) is 143 Å². The largest absolute Gasteiger partial charge is 0.497 e. The van der Waals surface area contributed by atoms with E-state index in [9.17, 15) is 19.5 Å². The molecule has 1 saturated heterocycles. The minimum absolute atomic E-state index is 0.0927. The summed E-state index contributed by atoms with van der Waals surface area (Å²) in [6.07, 6.45) is 1.37. The summed E-state index contributed by atoms with van der Waals surface area (Å²) < 4.78 is 16.8. The van der Waals surface area contributed by atoms with Crippen LogP contribution in [0.15, 0.2) is 60.7 Å². The first kappa shape index (κ1) is 29.1. The van der Waals surface area contributed by atoms with E-state index in [-0.39, 0.29) is 24.3 Å². The zero-order valence-corrected chi connectivity index (χ0v) is 22.5. The number of ether oxygens (including phenoxy) is 3. The highest BCUT2D eigenvalue weighted by molar-refractivity contribution is 6.00. The quantitative estimate of drug-likeness (QED) is 0.175. The maximum absolute atomic E-state index is 12.1. The van der Waals surface area contributed by atoms with Gasteiger partial charge in [-0.05, 0) is 48.4 Å². The highest BCUT2D eigenvalue weighted by atomic mass is 16.5. The molecular weight excluding hydrogens is 530 g/mol. The molecule has 10 nitrogen and oxygen atoms in total. The van der Waals surface area contributed by atoms with Gasteiger partial charge in [-0.2, -0.15) is 5.06 Å². The molecule has 1 fully saturated rings. The number of aliphatic hydroxyl groups is 1. The van der Waals surface area contributed by atoms with Gasteiger partial charge in [0.1, 0.15) is 28.6 Å². The fraction of sp³-hybridized carbons (Fsp3) is 0.258. The van der Waals surface area contributed by atoms with Crippen molar-refractivity contribution >= 4 is 17.8 Å². The van der Waals surface area contributed by atoms with E-state index in [1.807, 2.05) is 36.4 Å². The number of benzene rings is 3. The molecule has 3 aromatic rings. The van der Waals surface area contributed by atoms with E-state index >= 15 is 0 Å². The number of fused-ring (bicyclic) bond motifs is 2. The van der Waals surface area contributed by atoms with E-state index in [4.69, 9.17) is 24.5 Å². The number of hydrogen-bond acceptors (Lipinski definition) is 8. The lowest BCUT2D eigenvalue weighted by atomic mass is 9.78. The van der Waals surface area contributed by atoms with Gasteiger partial charge in [-0.1, -0.05) is 30.0 Å². The van der Waals surface area contributed by atoms with E-state index in [0.29, 0.717) is 58.1 Å². The van der Waals surface area contributed by atoms with Gasteiger partial charge in [0.05, 0.1) is 14.2 Å². The Kier molecular flexibility index (Phi) is 8.92. The second kappa shape index (κ2) is 12.6. The van der Waals surface area contributed by atoms with Crippen molar-refractivity contribution in [1.29, 1.82) is 0 Å². The molecule has 2 aliphatic heterocycles. The Labute approximate surface area is 236 Å². The number of aliphatic carboxylic acids is 1. The molecule has 41 heavy (non-hydrogen) atoms. The summed E-state index contributed by atoms with van der Waals surface area (Å²) in [6, 6.07) is 18.1. The van der Waals surface area contributed by atoms with Gasteiger partial charge >= 0.3 is 5.97 Å². The first-order chi connectivity index (χ1) is 19.7. The Bertz CT molecular complexity index is 1500. The Morgan fingerprint density at radius 3 is 2.07 bits per heavy atom. The van der Waals surface area contributed by atoms with Gasteiger partial charge in [0.2, 0.25) is 0 Å². The second-order valence-corrected chi connectivity index (χ2v) is 9.26. The summed E-state index contributed by atoms with van der Waals surface area (Å²) >= 11 is 0. The van der Waals surface area contributed by atoms with Crippen LogP contribution in [0, 0.1) is 11.8 Å². The molecule has 2 amide bonds. The van der Waals surface area contributed by atoms with Gasteiger partial charge in [-0.3, -0.25) is 19.6 Å². The smallest absolute Gasteiger partial charge is 0.303 e. The van der Waals surface area contributed by atoms with Crippen molar-refractivity contribution in [3.63, 3.8) is 0 Å². The van der Waals surface area contributed by atoms with Crippen LogP contribution in [0.4, 0.5) is 0 Å². The highest BCUT2D eigenvalue weighted by Crippen LogP contribution is 2.51. The Balaban J connectivity index is 0.000000417. The Morgan fingerprint density at radius 2 is 1.51 bits per heavy atom. The third-order valence-corrected chi connectivity index (χ3v) is 6.63. The van der Waals surface area contributed by atoms with Gasteiger partial charge in [0.25, 0.3) is 11.8 Å². The number of nitrogens with zero attached hydrogens (tertiary/aromatic N) is 1. The van der Waals surface area contributed by atoms with Gasteiger partial charge in [-0.25, -0.2) is 0 Å². The molecule has 0 aliphatic carbocycles. The number of methoxy groups -OCH3 is 2. The number of carbonyl (C=O) groups is 3. The second-order valence-electron chi connectivity index (χ2n) is 9.26. The SMILES string of the molecule is COc1ccc(C2(O)c3ccc(C#CCCCC(=O)O)cc3Oc3cc(OC)ccc32)cc1.O=C1CCC(=O)N1O. The standard InChI is InChI=1S/C27H24O6.C4H5NO3/c1-31-20-11-9-19(10-12-20)27(30)22-14-8-18(6-4-3-5-7-26(28)29)16-24(22)33-25-17-21(32-2)13-15-23(25)27;6-3-1-2-4(7)5(3)8/h8-17,30H,3,5,7H2,1-2H3,(H,28,29);8H,1-2H2. The van der Waals surface area contributed by atoms with E-state index in [2.05, 4.69) is 11.8 Å². The fourth-order valence-electron chi connectivity index (χ4n) is 4.46. The summed E-state index contributed by atoms with van der Waals surface area (Å²) in [4.78, 5) is 31.1. The molecular formula is C31H29NO9. The number of carboxylic acids is 1. The summed E-state index contributed by atoms with van der Waals surface area (Å²) in [5.74, 6) is 6.51. The molecule has 1 unspecified atom stereocenters. The average Bonchev–Trinajstić information content (AvgIpc) is 3.27. The lowest BCUT2D eigenvalue weighted by Gasteiger charge is -2.36. The number of hydroxylamine groups is 2. The van der Waals surface area contributed by atoms with Crippen LogP contribution in [0.3, 0.4) is 0 Å². The number of carbonyl (C=O) groups excluding carboxylic acids is 2. The van der Waals surface area contributed by atoms with Crippen molar-refractivity contribution in [3.8, 4) is 34.8 Å². The number of carboxylic acid groups (broad SMARTS) is 1. The average molecular weight is 560 g/mol. The lowest BCUT2D eigenvalue weighted by molar-refractivity contribution is -0.171. The zero-order chi connectivity index (χ0) is 29.6. The van der Waals surface area contributed by atoms with Gasteiger partial charge in [0.15, 0.2) is 0 Å². The molecule has 0 aromatic heterocycles. The first-order valence-corrected chi connectivity index (χ1v) is 12.8. The van der Waals surface area contributed by atoms with Crippen LogP contribution in [0.2, 0.25) is 0 Å². The van der Waals surface area contributed by atoms with Gasteiger partial charge in [0, 0.05) is 48.4 Å². The minimum atomic E-state index is -1.45. The molecule has 2 aliphatic rings. The maximum Gasteiger partial charge on any atom is 0.303 e. The van der Waals surface area contributed by atoms with Crippen LogP contribution in [0.5, 0.6) is 23.0 Å². The molecule has 212 valence electrons. The van der Waals surface area contributed by atoms with Gasteiger partial charge in [-0.15, -0.1) is 0 Å². The maximum atomic E-state index is 12.1. The van der Waals surface area contributed by atoms with E-state index < -0.39 is 23.4 Å². The van der Waals surface area contributed by atoms with Crippen LogP contribution in [0.1, 0.15) is 54.4 Å². The van der Waals surface area contributed by atoms with Crippen molar-refractivity contribution in [2.75, 3.05) is 14.2 Å². The molecule has 0 saturated carbocycles. The zero-order valence-electron chi connectivity index (χ0n) is 22.5. The van der Waals surface area contributed by atoms with Crippen LogP contribution >= 0.6 is 0 Å². The van der Waals surface area contributed by atoms with Crippen LogP contribution in [0.25, 0.3) is 0 Å². The van der Waals surface area contributed by atoms with Crippen molar-refractivity contribution in [1.82, 2.24) is 5.06 Å². The van der Waals surface area contributed by atoms with Crippen LogP contribution in [-0.2, 0) is 20.0 Å². The number of amides is 2. The molecule has 0 bridgehead atoms. The van der Waals surface area contributed by atoms with Crippen LogP contribution in [-0.4, -0.2) is 52.5 Å². The summed E-state index contributed by atoms with van der Waals surface area (Å²) in [5.41, 5.74) is 1.14. The number of rotatable bonds is 6. The number of hydrogen-bond donors (Lipinski definition) is 3. The third-order valence-electron chi connectivity index (χ3n) is 6.63. The highest BCUT2D eigenvalue weighted by Gasteiger charge is 2.42. The molecule has 3 aromatic carbocycles. The predicted molar refractivity (Wildman–Crippen MR) is 146 cm³/mol. The molecule has 2 heterocycles. The van der Waals surface area contributed by atoms with Crippen molar-refractivity contribution < 1.29 is 44.0 Å². The number of imide groups is 1. The molecule has 1 atom stereocenters. The Morgan fingerprint density at radius 1 is 0.927 bits per heavy atom. The molecule has 0 radical (unpaired) electrons. The summed E-state index contributed by atoms with van der Waals surface area (Å²) in [6.45, 7) is 0. The molecule has 0 spiro atoms. The van der Waals surface area contributed by atoms with E-state index in [1.54, 1.807) is 38.5 Å². The number of unbranched alkanes of at least 4 members (excludes halogenated alkanes) is 1. The third kappa shape index (κ3) is 6.32. The predicted octanol–water partition coefficient (Wildman–Crippen LogP) is 4.22. The van der Waals surface area contributed by atoms with E-state index in [1.165, 1.54) is 0 Å². The lowest BCUT2D eigenvalue weighted by Crippen LogP contribution is -2.32. The van der Waals surface area contributed by atoms with Crippen molar-refractivity contribution in [2.24, 2.45) is 0 Å². The monoisotopic (exact) mass is 559 g/mol. The van der Waals surface area contributed by atoms with Crippen molar-refractivity contribution in [2.45, 2.75) is 37.7 Å². The Hall–Kier alpha value is -4.85. The van der Waals surface area contributed by atoms with Gasteiger partial charge < -0.3 is 24.4 Å².